The molecule has 1 aliphatic rings. The molecule has 2 N–H and O–H groups in total. The molecule has 1 unspecified atom stereocenters. The quantitative estimate of drug-likeness (QED) is 0.762. The summed E-state index contributed by atoms with van der Waals surface area (Å²) in [7, 11) is 0. The van der Waals surface area contributed by atoms with Crippen molar-refractivity contribution < 1.29 is 19.7 Å². The van der Waals surface area contributed by atoms with E-state index in [1.165, 1.54) is 0 Å². The molecule has 4 heteroatoms. The van der Waals surface area contributed by atoms with Crippen molar-refractivity contribution in [3.8, 4) is 34.1 Å². The fourth-order valence-corrected chi connectivity index (χ4v) is 2.14. The lowest BCUT2D eigenvalue weighted by Crippen LogP contribution is -2.23. The van der Waals surface area contributed by atoms with Gasteiger partial charge in [-0.15, -0.1) is 0 Å². The molecule has 0 spiro atoms. The number of fused-ring (bicyclic) bond motifs is 3. The highest BCUT2D eigenvalue weighted by Gasteiger charge is 2.19. The number of aromatic hydroxyl groups is 2. The number of ether oxygens (including phenoxy) is 2. The lowest BCUT2D eigenvalue weighted by molar-refractivity contribution is 0.140. The summed E-state index contributed by atoms with van der Waals surface area (Å²) in [6.07, 6.45) is -0.143. The molecule has 98 valence electrons. The second-order valence-corrected chi connectivity index (χ2v) is 4.60. The third-order valence-corrected chi connectivity index (χ3v) is 3.02. The Labute approximate surface area is 110 Å². The van der Waals surface area contributed by atoms with Crippen molar-refractivity contribution in [2.75, 3.05) is 6.61 Å². The molecule has 1 aliphatic heterocycles. The van der Waals surface area contributed by atoms with Gasteiger partial charge < -0.3 is 19.7 Å². The van der Waals surface area contributed by atoms with E-state index < -0.39 is 0 Å². The maximum atomic E-state index is 9.58. The van der Waals surface area contributed by atoms with E-state index in [-0.39, 0.29) is 17.6 Å². The molecule has 4 nitrogen and oxygen atoms in total. The van der Waals surface area contributed by atoms with Crippen LogP contribution in [0.4, 0.5) is 0 Å². The average molecular weight is 258 g/mol. The fraction of sp³-hybridized carbons (Fsp3) is 0.200. The lowest BCUT2D eigenvalue weighted by Gasteiger charge is -2.23. The predicted octanol–water partition coefficient (Wildman–Crippen LogP) is 2.92. The first-order valence-electron chi connectivity index (χ1n) is 6.09. The number of hydrogen-bond donors (Lipinski definition) is 2. The Morgan fingerprint density at radius 1 is 0.947 bits per heavy atom. The smallest absolute Gasteiger partial charge is 0.131 e. The molecule has 1 heterocycles. The minimum atomic E-state index is -0.143. The summed E-state index contributed by atoms with van der Waals surface area (Å²) < 4.78 is 11.4. The molecule has 0 saturated heterocycles. The summed E-state index contributed by atoms with van der Waals surface area (Å²) in [6, 6.07) is 9.94. The first-order chi connectivity index (χ1) is 9.13. The summed E-state index contributed by atoms with van der Waals surface area (Å²) in [5.74, 6) is 1.55. The molecule has 0 aliphatic carbocycles. The molecule has 2 aromatic carbocycles. The Kier molecular flexibility index (Phi) is 2.71. The second-order valence-electron chi connectivity index (χ2n) is 4.60. The van der Waals surface area contributed by atoms with E-state index in [9.17, 15) is 10.2 Å². The van der Waals surface area contributed by atoms with Crippen LogP contribution in [0.25, 0.3) is 11.1 Å². The molecule has 0 bridgehead atoms. The van der Waals surface area contributed by atoms with Crippen LogP contribution >= 0.6 is 0 Å². The molecule has 19 heavy (non-hydrogen) atoms. The standard InChI is InChI=1S/C15H14O4/c1-9-8-18-14-6-10(16)2-4-12(14)13-5-3-11(17)7-15(13)19-9/h2-7,9,16-17H,8H2,1H3. The van der Waals surface area contributed by atoms with Crippen LogP contribution in [0.3, 0.4) is 0 Å². The minimum absolute atomic E-state index is 0.143. The fourth-order valence-electron chi connectivity index (χ4n) is 2.14. The van der Waals surface area contributed by atoms with Crippen LogP contribution in [0, 0.1) is 0 Å². The van der Waals surface area contributed by atoms with E-state index in [1.54, 1.807) is 36.4 Å². The van der Waals surface area contributed by atoms with E-state index in [4.69, 9.17) is 9.47 Å². The zero-order chi connectivity index (χ0) is 13.4. The van der Waals surface area contributed by atoms with E-state index in [1.807, 2.05) is 6.92 Å². The zero-order valence-electron chi connectivity index (χ0n) is 10.5. The van der Waals surface area contributed by atoms with Crippen LogP contribution in [0.5, 0.6) is 23.0 Å². The molecule has 1 atom stereocenters. The Balaban J connectivity index is 2.21. The number of benzene rings is 2. The van der Waals surface area contributed by atoms with Gasteiger partial charge >= 0.3 is 0 Å². The average Bonchev–Trinajstić information content (AvgIpc) is 2.36. The van der Waals surface area contributed by atoms with Gasteiger partial charge in [-0.2, -0.15) is 0 Å². The third-order valence-electron chi connectivity index (χ3n) is 3.02. The van der Waals surface area contributed by atoms with E-state index in [0.717, 1.165) is 11.1 Å². The highest BCUT2D eigenvalue weighted by molar-refractivity contribution is 5.77. The van der Waals surface area contributed by atoms with E-state index in [2.05, 4.69) is 0 Å². The van der Waals surface area contributed by atoms with Crippen LogP contribution in [0.2, 0.25) is 0 Å². The molecule has 0 fully saturated rings. The maximum Gasteiger partial charge on any atom is 0.131 e. The Morgan fingerprint density at radius 2 is 1.53 bits per heavy atom. The van der Waals surface area contributed by atoms with Gasteiger partial charge in [0.1, 0.15) is 35.7 Å². The van der Waals surface area contributed by atoms with Gasteiger partial charge in [-0.1, -0.05) is 0 Å². The van der Waals surface area contributed by atoms with Crippen LogP contribution in [-0.2, 0) is 0 Å². The molecular formula is C15H14O4. The number of phenolic OH excluding ortho intramolecular Hbond substituents is 2. The van der Waals surface area contributed by atoms with Gasteiger partial charge in [-0.05, 0) is 31.2 Å². The van der Waals surface area contributed by atoms with Crippen molar-refractivity contribution in [3.63, 3.8) is 0 Å². The highest BCUT2D eigenvalue weighted by atomic mass is 16.5. The largest absolute Gasteiger partial charge is 0.508 e. The van der Waals surface area contributed by atoms with E-state index in [0.29, 0.717) is 18.1 Å². The summed E-state index contributed by atoms with van der Waals surface area (Å²) >= 11 is 0. The van der Waals surface area contributed by atoms with Crippen LogP contribution in [0.15, 0.2) is 36.4 Å². The van der Waals surface area contributed by atoms with Crippen molar-refractivity contribution in [1.29, 1.82) is 0 Å². The molecule has 3 rings (SSSR count). The van der Waals surface area contributed by atoms with Gasteiger partial charge in [-0.3, -0.25) is 0 Å². The first-order valence-corrected chi connectivity index (χ1v) is 6.09. The van der Waals surface area contributed by atoms with Gasteiger partial charge in [-0.25, -0.2) is 0 Å². The summed E-state index contributed by atoms with van der Waals surface area (Å²) in [6.45, 7) is 2.27. The number of hydrogen-bond acceptors (Lipinski definition) is 4. The van der Waals surface area contributed by atoms with Gasteiger partial charge in [0.15, 0.2) is 0 Å². The molecule has 2 aromatic rings. The van der Waals surface area contributed by atoms with Crippen molar-refractivity contribution in [2.24, 2.45) is 0 Å². The van der Waals surface area contributed by atoms with Crippen molar-refractivity contribution in [3.05, 3.63) is 36.4 Å². The van der Waals surface area contributed by atoms with Crippen molar-refractivity contribution >= 4 is 0 Å². The normalized spacial score (nSPS) is 17.2. The number of rotatable bonds is 0. The highest BCUT2D eigenvalue weighted by Crippen LogP contribution is 2.41. The number of phenols is 2. The zero-order valence-corrected chi connectivity index (χ0v) is 10.5. The molecule has 0 amide bonds. The topological polar surface area (TPSA) is 58.9 Å². The van der Waals surface area contributed by atoms with Gasteiger partial charge in [0.05, 0.1) is 0 Å². The Bertz CT molecular complexity index is 622. The van der Waals surface area contributed by atoms with Gasteiger partial charge in [0, 0.05) is 23.3 Å². The van der Waals surface area contributed by atoms with Crippen molar-refractivity contribution in [2.45, 2.75) is 13.0 Å². The Hall–Kier alpha value is -2.36. The second kappa shape index (κ2) is 4.39. The Morgan fingerprint density at radius 3 is 2.21 bits per heavy atom. The van der Waals surface area contributed by atoms with Gasteiger partial charge in [0.25, 0.3) is 0 Å². The first kappa shape index (κ1) is 11.7. The van der Waals surface area contributed by atoms with Crippen LogP contribution in [-0.4, -0.2) is 22.9 Å². The SMILES string of the molecule is CC1COc2cc(O)ccc2-c2ccc(O)cc2O1. The predicted molar refractivity (Wildman–Crippen MR) is 70.8 cm³/mol. The van der Waals surface area contributed by atoms with Crippen molar-refractivity contribution in [1.82, 2.24) is 0 Å². The van der Waals surface area contributed by atoms with Crippen LogP contribution in [0.1, 0.15) is 6.92 Å². The molecular weight excluding hydrogens is 244 g/mol. The maximum absolute atomic E-state index is 9.58. The third kappa shape index (κ3) is 2.17. The van der Waals surface area contributed by atoms with Gasteiger partial charge in [0.2, 0.25) is 0 Å². The monoisotopic (exact) mass is 258 g/mol. The molecule has 0 saturated carbocycles. The van der Waals surface area contributed by atoms with E-state index >= 15 is 0 Å². The summed E-state index contributed by atoms with van der Waals surface area (Å²) in [5, 5.41) is 19.1. The summed E-state index contributed by atoms with van der Waals surface area (Å²) in [4.78, 5) is 0. The lowest BCUT2D eigenvalue weighted by atomic mass is 10.0. The summed E-state index contributed by atoms with van der Waals surface area (Å²) in [5.41, 5.74) is 1.67. The minimum Gasteiger partial charge on any atom is -0.508 e. The molecule has 0 aromatic heterocycles. The molecule has 0 radical (unpaired) electrons. The van der Waals surface area contributed by atoms with Crippen LogP contribution < -0.4 is 9.47 Å².